The van der Waals surface area contributed by atoms with Crippen molar-refractivity contribution < 1.29 is 14.4 Å². The molecule has 0 aromatic carbocycles. The number of hydrogen-bond donors (Lipinski definition) is 0. The molecule has 0 fully saturated rings. The second-order valence-electron chi connectivity index (χ2n) is 6.57. The molecule has 0 aliphatic rings. The number of aliphatic carboxylic acids is 1. The van der Waals surface area contributed by atoms with Crippen molar-refractivity contribution in [1.82, 2.24) is 0 Å². The normalized spacial score (nSPS) is 13.5. The molecule has 1 unspecified atom stereocenters. The monoisotopic (exact) mass is 271 g/mol. The molecule has 0 aliphatic carbocycles. The lowest BCUT2D eigenvalue weighted by Crippen LogP contribution is -2.54. The van der Waals surface area contributed by atoms with Gasteiger partial charge in [-0.05, 0) is 6.42 Å². The van der Waals surface area contributed by atoms with Crippen LogP contribution in [0.25, 0.3) is 0 Å². The first-order chi connectivity index (χ1) is 8.89. The van der Waals surface area contributed by atoms with Crippen molar-refractivity contribution in [3.63, 3.8) is 0 Å². The van der Waals surface area contributed by atoms with Crippen molar-refractivity contribution in [2.45, 2.75) is 77.2 Å². The first kappa shape index (κ1) is 18.4. The zero-order valence-corrected chi connectivity index (χ0v) is 13.4. The summed E-state index contributed by atoms with van der Waals surface area (Å²) in [6.07, 6.45) is 12.1. The van der Waals surface area contributed by atoms with E-state index in [1.54, 1.807) is 0 Å². The van der Waals surface area contributed by atoms with E-state index in [4.69, 9.17) is 0 Å². The van der Waals surface area contributed by atoms with Gasteiger partial charge in [0, 0.05) is 6.42 Å². The fourth-order valence-corrected chi connectivity index (χ4v) is 2.47. The summed E-state index contributed by atoms with van der Waals surface area (Å²) in [6.45, 7) is 2.24. The Morgan fingerprint density at radius 2 is 1.32 bits per heavy atom. The van der Waals surface area contributed by atoms with Gasteiger partial charge in [-0.2, -0.15) is 0 Å². The van der Waals surface area contributed by atoms with Crippen molar-refractivity contribution in [1.29, 1.82) is 0 Å². The zero-order chi connectivity index (χ0) is 14.7. The third kappa shape index (κ3) is 9.94. The van der Waals surface area contributed by atoms with E-state index in [1.165, 1.54) is 44.9 Å². The standard InChI is InChI=1S/C16H33NO2/c1-5-6-7-8-9-10-11-12-13-14-15(16(18)19)17(2,3)4/h15H,5-14H2,1-4H3. The van der Waals surface area contributed by atoms with Crippen LogP contribution in [0.5, 0.6) is 0 Å². The Morgan fingerprint density at radius 3 is 1.68 bits per heavy atom. The lowest BCUT2D eigenvalue weighted by molar-refractivity contribution is -0.889. The smallest absolute Gasteiger partial charge is 0.129 e. The average Bonchev–Trinajstić information content (AvgIpc) is 2.29. The van der Waals surface area contributed by atoms with E-state index in [0.717, 1.165) is 19.3 Å². The molecule has 0 amide bonds. The highest BCUT2D eigenvalue weighted by molar-refractivity contribution is 5.69. The second-order valence-corrected chi connectivity index (χ2v) is 6.57. The third-order valence-corrected chi connectivity index (χ3v) is 3.79. The molecule has 114 valence electrons. The minimum Gasteiger partial charge on any atom is -0.544 e. The quantitative estimate of drug-likeness (QED) is 0.404. The number of nitrogens with zero attached hydrogens (tertiary/aromatic N) is 1. The zero-order valence-electron chi connectivity index (χ0n) is 13.4. The lowest BCUT2D eigenvalue weighted by Gasteiger charge is -2.34. The van der Waals surface area contributed by atoms with E-state index in [1.807, 2.05) is 21.1 Å². The minimum atomic E-state index is -0.910. The van der Waals surface area contributed by atoms with Crippen LogP contribution in [-0.4, -0.2) is 37.6 Å². The average molecular weight is 271 g/mol. The van der Waals surface area contributed by atoms with E-state index in [-0.39, 0.29) is 6.04 Å². The van der Waals surface area contributed by atoms with Crippen molar-refractivity contribution in [3.8, 4) is 0 Å². The van der Waals surface area contributed by atoms with Crippen LogP contribution in [0, 0.1) is 0 Å². The van der Waals surface area contributed by atoms with Gasteiger partial charge in [-0.25, -0.2) is 0 Å². The first-order valence-electron chi connectivity index (χ1n) is 7.91. The lowest BCUT2D eigenvalue weighted by atomic mass is 10.0. The van der Waals surface area contributed by atoms with Crippen molar-refractivity contribution in [3.05, 3.63) is 0 Å². The second kappa shape index (κ2) is 10.2. The van der Waals surface area contributed by atoms with Crippen LogP contribution >= 0.6 is 0 Å². The van der Waals surface area contributed by atoms with E-state index >= 15 is 0 Å². The maximum Gasteiger partial charge on any atom is 0.129 e. The van der Waals surface area contributed by atoms with Gasteiger partial charge in [0.15, 0.2) is 0 Å². The van der Waals surface area contributed by atoms with Gasteiger partial charge < -0.3 is 14.4 Å². The highest BCUT2D eigenvalue weighted by Crippen LogP contribution is 2.14. The number of rotatable bonds is 12. The molecule has 0 N–H and O–H groups in total. The highest BCUT2D eigenvalue weighted by Gasteiger charge is 2.24. The van der Waals surface area contributed by atoms with Crippen molar-refractivity contribution in [2.75, 3.05) is 21.1 Å². The summed E-state index contributed by atoms with van der Waals surface area (Å²) < 4.78 is 0.458. The molecule has 0 aliphatic heterocycles. The molecule has 0 heterocycles. The van der Waals surface area contributed by atoms with Crippen LogP contribution < -0.4 is 5.11 Å². The van der Waals surface area contributed by atoms with Crippen LogP contribution in [0.2, 0.25) is 0 Å². The van der Waals surface area contributed by atoms with Crippen LogP contribution in [0.1, 0.15) is 71.1 Å². The number of likely N-dealkylation sites (N-methyl/N-ethyl adjacent to an activating group) is 1. The number of carboxylic acids is 1. The first-order valence-corrected chi connectivity index (χ1v) is 7.91. The van der Waals surface area contributed by atoms with E-state index in [0.29, 0.717) is 4.48 Å². The molecule has 0 radical (unpaired) electrons. The Kier molecular flexibility index (Phi) is 9.94. The molecule has 0 bridgehead atoms. The largest absolute Gasteiger partial charge is 0.544 e. The maximum atomic E-state index is 11.1. The number of unbranched alkanes of at least 4 members (excludes halogenated alkanes) is 8. The minimum absolute atomic E-state index is 0.371. The van der Waals surface area contributed by atoms with Crippen molar-refractivity contribution in [2.24, 2.45) is 0 Å². The van der Waals surface area contributed by atoms with Crippen LogP contribution in [0.3, 0.4) is 0 Å². The summed E-state index contributed by atoms with van der Waals surface area (Å²) >= 11 is 0. The molecule has 1 atom stereocenters. The predicted molar refractivity (Wildman–Crippen MR) is 78.7 cm³/mol. The summed E-state index contributed by atoms with van der Waals surface area (Å²) in [5.41, 5.74) is 0. The summed E-state index contributed by atoms with van der Waals surface area (Å²) in [6, 6.07) is -0.371. The molecule has 0 aromatic heterocycles. The van der Waals surface area contributed by atoms with Crippen LogP contribution in [0.15, 0.2) is 0 Å². The number of carboxylic acid groups (broad SMARTS) is 1. The van der Waals surface area contributed by atoms with E-state index < -0.39 is 5.97 Å². The topological polar surface area (TPSA) is 40.1 Å². The summed E-state index contributed by atoms with van der Waals surface area (Å²) in [7, 11) is 5.77. The molecule has 0 spiro atoms. The summed E-state index contributed by atoms with van der Waals surface area (Å²) in [4.78, 5) is 11.1. The Balaban J connectivity index is 3.54. The van der Waals surface area contributed by atoms with Crippen molar-refractivity contribution >= 4 is 5.97 Å². The van der Waals surface area contributed by atoms with Gasteiger partial charge in [-0.1, -0.05) is 58.3 Å². The van der Waals surface area contributed by atoms with Crippen LogP contribution in [0.4, 0.5) is 0 Å². The molecule has 0 saturated carbocycles. The van der Waals surface area contributed by atoms with Gasteiger partial charge in [0.2, 0.25) is 0 Å². The number of quaternary nitrogens is 1. The molecular weight excluding hydrogens is 238 g/mol. The Labute approximate surface area is 119 Å². The Bertz CT molecular complexity index is 233. The SMILES string of the molecule is CCCCCCCCCCCC(C(=O)[O-])[N+](C)(C)C. The van der Waals surface area contributed by atoms with Gasteiger partial charge in [-0.15, -0.1) is 0 Å². The van der Waals surface area contributed by atoms with E-state index in [9.17, 15) is 9.90 Å². The predicted octanol–water partition coefficient (Wildman–Crippen LogP) is 2.73. The van der Waals surface area contributed by atoms with Gasteiger partial charge in [0.25, 0.3) is 0 Å². The summed E-state index contributed by atoms with van der Waals surface area (Å²) in [5.74, 6) is -0.910. The molecule has 3 heteroatoms. The molecule has 0 saturated heterocycles. The Hall–Kier alpha value is -0.570. The molecule has 0 rings (SSSR count). The van der Waals surface area contributed by atoms with Gasteiger partial charge in [0.1, 0.15) is 6.04 Å². The molecule has 19 heavy (non-hydrogen) atoms. The molecule has 3 nitrogen and oxygen atoms in total. The van der Waals surface area contributed by atoms with Gasteiger partial charge >= 0.3 is 0 Å². The fourth-order valence-electron chi connectivity index (χ4n) is 2.47. The number of carbonyl (C=O) groups excluding carboxylic acids is 1. The van der Waals surface area contributed by atoms with Crippen LogP contribution in [-0.2, 0) is 4.79 Å². The molecule has 0 aromatic rings. The van der Waals surface area contributed by atoms with E-state index in [2.05, 4.69) is 6.92 Å². The number of carbonyl (C=O) groups is 1. The maximum absolute atomic E-state index is 11.1. The third-order valence-electron chi connectivity index (χ3n) is 3.79. The Morgan fingerprint density at radius 1 is 0.895 bits per heavy atom. The fraction of sp³-hybridized carbons (Fsp3) is 0.938. The highest BCUT2D eigenvalue weighted by atomic mass is 16.4. The summed E-state index contributed by atoms with van der Waals surface area (Å²) in [5, 5.41) is 11.1. The van der Waals surface area contributed by atoms with Gasteiger partial charge in [0.05, 0.1) is 27.1 Å². The van der Waals surface area contributed by atoms with Gasteiger partial charge in [-0.3, -0.25) is 0 Å². The number of hydrogen-bond acceptors (Lipinski definition) is 2. The molecular formula is C16H33NO2.